The highest BCUT2D eigenvalue weighted by Gasteiger charge is 2.44. The van der Waals surface area contributed by atoms with Gasteiger partial charge in [-0.15, -0.1) is 0 Å². The van der Waals surface area contributed by atoms with Gasteiger partial charge in [-0.25, -0.2) is 0 Å². The molecule has 0 bridgehead atoms. The molecule has 0 saturated heterocycles. The maximum absolute atomic E-state index is 11.0. The van der Waals surface area contributed by atoms with Gasteiger partial charge in [-0.2, -0.15) is 0 Å². The second-order valence-corrected chi connectivity index (χ2v) is 4.32. The fourth-order valence-corrected chi connectivity index (χ4v) is 1.89. The first-order valence-electron chi connectivity index (χ1n) is 5.34. The van der Waals surface area contributed by atoms with Crippen LogP contribution in [0.5, 0.6) is 0 Å². The van der Waals surface area contributed by atoms with Crippen LogP contribution in [0.4, 0.5) is 0 Å². The maximum Gasteiger partial charge on any atom is 0.278 e. The first-order chi connectivity index (χ1) is 8.04. The Kier molecular flexibility index (Phi) is 2.71. The quantitative estimate of drug-likeness (QED) is 0.628. The van der Waals surface area contributed by atoms with Crippen molar-refractivity contribution in [1.29, 1.82) is 0 Å². The van der Waals surface area contributed by atoms with Gasteiger partial charge in [0.15, 0.2) is 5.76 Å². The normalized spacial score (nSPS) is 23.8. The summed E-state index contributed by atoms with van der Waals surface area (Å²) in [5.74, 6) is -0.192. The topological polar surface area (TPSA) is 63.4 Å². The number of aliphatic hydroxyl groups excluding tert-OH is 1. The number of nitrogens with zero attached hydrogens (tertiary/aromatic N) is 1. The molecule has 88 valence electrons. The Morgan fingerprint density at radius 2 is 1.94 bits per heavy atom. The first-order valence-corrected chi connectivity index (χ1v) is 5.34. The Morgan fingerprint density at radius 1 is 1.29 bits per heavy atom. The van der Waals surface area contributed by atoms with Crippen molar-refractivity contribution in [1.82, 2.24) is 0 Å². The van der Waals surface area contributed by atoms with E-state index in [1.54, 1.807) is 6.08 Å². The molecule has 1 N–H and O–H groups in total. The average molecular weight is 231 g/mol. The highest BCUT2D eigenvalue weighted by molar-refractivity contribution is 5.69. The summed E-state index contributed by atoms with van der Waals surface area (Å²) in [6, 6.07) is 9.48. The molecule has 1 unspecified atom stereocenters. The molecular weight excluding hydrogens is 218 g/mol. The van der Waals surface area contributed by atoms with Gasteiger partial charge in [0.2, 0.25) is 0 Å². The predicted molar refractivity (Wildman–Crippen MR) is 65.1 cm³/mol. The number of hydrogen-bond acceptors (Lipinski definition) is 3. The van der Waals surface area contributed by atoms with Crippen molar-refractivity contribution in [3.63, 3.8) is 0 Å². The van der Waals surface area contributed by atoms with E-state index in [-0.39, 0.29) is 12.2 Å². The fourth-order valence-electron chi connectivity index (χ4n) is 1.89. The summed E-state index contributed by atoms with van der Waals surface area (Å²) in [6.07, 6.45) is 3.34. The van der Waals surface area contributed by atoms with Gasteiger partial charge in [0.05, 0.1) is 6.42 Å². The number of allylic oxidation sites excluding steroid dienone is 2. The van der Waals surface area contributed by atoms with Gasteiger partial charge in [-0.1, -0.05) is 36.4 Å². The summed E-state index contributed by atoms with van der Waals surface area (Å²) >= 11 is 0. The van der Waals surface area contributed by atoms with Crippen LogP contribution in [-0.4, -0.2) is 15.6 Å². The number of rotatable bonds is 2. The monoisotopic (exact) mass is 231 g/mol. The molecule has 4 nitrogen and oxygen atoms in total. The molecule has 1 aliphatic rings. The molecule has 1 aromatic rings. The molecular formula is C13H13NO3. The molecule has 0 heterocycles. The minimum absolute atomic E-state index is 0.192. The standard InChI is InChI=1S/C13H13NO3/c1-13(14(16)17)9-11(7-8-12(13)15)10-5-3-2-4-6-10/h2-8,15H,9H2,1H3. The molecule has 2 rings (SSSR count). The van der Waals surface area contributed by atoms with Crippen LogP contribution in [0.15, 0.2) is 48.2 Å². The van der Waals surface area contributed by atoms with Crippen molar-refractivity contribution >= 4 is 5.57 Å². The highest BCUT2D eigenvalue weighted by atomic mass is 16.6. The van der Waals surface area contributed by atoms with Crippen LogP contribution in [0.2, 0.25) is 0 Å². The summed E-state index contributed by atoms with van der Waals surface area (Å²) in [5, 5.41) is 20.7. The van der Waals surface area contributed by atoms with Crippen LogP contribution in [0.3, 0.4) is 0 Å². The third kappa shape index (κ3) is 1.93. The lowest BCUT2D eigenvalue weighted by molar-refractivity contribution is -0.557. The minimum Gasteiger partial charge on any atom is -0.505 e. The first kappa shape index (κ1) is 11.4. The number of benzene rings is 1. The van der Waals surface area contributed by atoms with Gasteiger partial charge >= 0.3 is 0 Å². The Morgan fingerprint density at radius 3 is 2.53 bits per heavy atom. The maximum atomic E-state index is 11.0. The van der Waals surface area contributed by atoms with Gasteiger partial charge in [0.25, 0.3) is 5.54 Å². The van der Waals surface area contributed by atoms with E-state index in [0.29, 0.717) is 0 Å². The summed E-state index contributed by atoms with van der Waals surface area (Å²) < 4.78 is 0. The second kappa shape index (κ2) is 4.05. The van der Waals surface area contributed by atoms with E-state index < -0.39 is 10.5 Å². The summed E-state index contributed by atoms with van der Waals surface area (Å²) in [7, 11) is 0. The van der Waals surface area contributed by atoms with Crippen LogP contribution in [0.1, 0.15) is 18.9 Å². The van der Waals surface area contributed by atoms with Gasteiger partial charge in [0, 0.05) is 11.8 Å². The Labute approximate surface area is 99.0 Å². The van der Waals surface area contributed by atoms with Gasteiger partial charge in [-0.3, -0.25) is 10.1 Å². The molecule has 0 aliphatic heterocycles. The lowest BCUT2D eigenvalue weighted by Crippen LogP contribution is -2.38. The molecule has 0 fully saturated rings. The van der Waals surface area contributed by atoms with Crippen molar-refractivity contribution in [2.24, 2.45) is 0 Å². The van der Waals surface area contributed by atoms with Gasteiger partial charge < -0.3 is 5.11 Å². The third-order valence-corrected chi connectivity index (χ3v) is 3.08. The van der Waals surface area contributed by atoms with Crippen molar-refractivity contribution in [3.8, 4) is 0 Å². The smallest absolute Gasteiger partial charge is 0.278 e. The van der Waals surface area contributed by atoms with E-state index in [9.17, 15) is 15.2 Å². The van der Waals surface area contributed by atoms with Crippen molar-refractivity contribution in [3.05, 3.63) is 63.9 Å². The lowest BCUT2D eigenvalue weighted by atomic mass is 9.84. The highest BCUT2D eigenvalue weighted by Crippen LogP contribution is 2.35. The van der Waals surface area contributed by atoms with E-state index in [1.165, 1.54) is 13.0 Å². The third-order valence-electron chi connectivity index (χ3n) is 3.08. The molecule has 1 aliphatic carbocycles. The summed E-state index contributed by atoms with van der Waals surface area (Å²) in [5.41, 5.74) is 0.395. The molecule has 0 radical (unpaired) electrons. The Balaban J connectivity index is 2.39. The van der Waals surface area contributed by atoms with Crippen LogP contribution in [0.25, 0.3) is 5.57 Å². The molecule has 4 heteroatoms. The van der Waals surface area contributed by atoms with Gasteiger partial charge in [-0.05, 0) is 17.2 Å². The Hall–Kier alpha value is -2.10. The van der Waals surface area contributed by atoms with Crippen LogP contribution < -0.4 is 0 Å². The molecule has 0 saturated carbocycles. The van der Waals surface area contributed by atoms with E-state index in [1.807, 2.05) is 30.3 Å². The summed E-state index contributed by atoms with van der Waals surface area (Å²) in [6.45, 7) is 1.44. The lowest BCUT2D eigenvalue weighted by Gasteiger charge is -2.24. The number of aliphatic hydroxyl groups is 1. The SMILES string of the molecule is CC1([N+](=O)[O-])CC(c2ccccc2)=CC=C1O. The minimum atomic E-state index is -1.42. The average Bonchev–Trinajstić information content (AvgIpc) is 2.33. The van der Waals surface area contributed by atoms with Crippen LogP contribution >= 0.6 is 0 Å². The summed E-state index contributed by atoms with van der Waals surface area (Å²) in [4.78, 5) is 10.6. The zero-order chi connectivity index (χ0) is 12.5. The molecule has 0 amide bonds. The van der Waals surface area contributed by atoms with E-state index >= 15 is 0 Å². The van der Waals surface area contributed by atoms with Crippen molar-refractivity contribution in [2.45, 2.75) is 18.9 Å². The van der Waals surface area contributed by atoms with Crippen molar-refractivity contribution < 1.29 is 10.0 Å². The second-order valence-electron chi connectivity index (χ2n) is 4.32. The molecule has 0 spiro atoms. The van der Waals surface area contributed by atoms with E-state index in [0.717, 1.165) is 11.1 Å². The number of nitro groups is 1. The van der Waals surface area contributed by atoms with Gasteiger partial charge in [0.1, 0.15) is 0 Å². The van der Waals surface area contributed by atoms with E-state index in [4.69, 9.17) is 0 Å². The Bertz CT molecular complexity index is 505. The molecule has 1 atom stereocenters. The molecule has 17 heavy (non-hydrogen) atoms. The van der Waals surface area contributed by atoms with Crippen molar-refractivity contribution in [2.75, 3.05) is 0 Å². The predicted octanol–water partition coefficient (Wildman–Crippen LogP) is 2.95. The zero-order valence-electron chi connectivity index (χ0n) is 9.46. The van der Waals surface area contributed by atoms with E-state index in [2.05, 4.69) is 0 Å². The zero-order valence-corrected chi connectivity index (χ0v) is 9.46. The molecule has 0 aromatic heterocycles. The van der Waals surface area contributed by atoms with Crippen LogP contribution in [0, 0.1) is 10.1 Å². The molecule has 1 aromatic carbocycles. The largest absolute Gasteiger partial charge is 0.505 e. The fraction of sp³-hybridized carbons (Fsp3) is 0.231. The van der Waals surface area contributed by atoms with Crippen LogP contribution in [-0.2, 0) is 0 Å². The number of hydrogen-bond donors (Lipinski definition) is 1.